The van der Waals surface area contributed by atoms with Gasteiger partial charge in [-0.15, -0.1) is 0 Å². The average Bonchev–Trinajstić information content (AvgIpc) is 3.19. The lowest BCUT2D eigenvalue weighted by molar-refractivity contribution is -0.259. The molecule has 3 fully saturated rings. The third-order valence-electron chi connectivity index (χ3n) is 5.35. The van der Waals surface area contributed by atoms with Crippen molar-refractivity contribution < 1.29 is 66.2 Å². The van der Waals surface area contributed by atoms with Gasteiger partial charge < -0.3 is 9.47 Å². The van der Waals surface area contributed by atoms with Crippen LogP contribution < -0.4 is 0 Å². The van der Waals surface area contributed by atoms with Crippen molar-refractivity contribution in [3.8, 4) is 0 Å². The number of fused-ring (bicyclic) bond motifs is 1. The average molecular weight is 492 g/mol. The van der Waals surface area contributed by atoms with Crippen LogP contribution in [0, 0.1) is 11.8 Å². The lowest BCUT2D eigenvalue weighted by Crippen LogP contribution is -2.51. The lowest BCUT2D eigenvalue weighted by atomic mass is 9.94. The van der Waals surface area contributed by atoms with E-state index in [1.54, 1.807) is 0 Å². The molecule has 5 atom stereocenters. The summed E-state index contributed by atoms with van der Waals surface area (Å²) in [4.78, 5) is 10.9. The summed E-state index contributed by atoms with van der Waals surface area (Å²) in [6, 6.07) is 0. The largest absolute Gasteiger partial charge is 0.465 e. The van der Waals surface area contributed by atoms with E-state index in [4.69, 9.17) is 13.5 Å². The number of alkyl halides is 6. The predicted octanol–water partition coefficient (Wildman–Crippen LogP) is 0.803. The number of ether oxygens (including phenoxy) is 2. The Hall–Kier alpha value is -1.17. The van der Waals surface area contributed by atoms with Gasteiger partial charge >= 0.3 is 33.2 Å². The Bertz CT molecular complexity index is 935. The van der Waals surface area contributed by atoms with E-state index >= 15 is 0 Å². The number of carbonyl (C=O) groups is 1. The Morgan fingerprint density at radius 3 is 2.20 bits per heavy atom. The van der Waals surface area contributed by atoms with E-state index < -0.39 is 85.8 Å². The van der Waals surface area contributed by atoms with Crippen molar-refractivity contribution >= 4 is 26.2 Å². The zero-order valence-corrected chi connectivity index (χ0v) is 16.1. The van der Waals surface area contributed by atoms with Gasteiger partial charge in [0, 0.05) is 5.92 Å². The summed E-state index contributed by atoms with van der Waals surface area (Å²) in [5.41, 5.74) is 0. The van der Waals surface area contributed by atoms with E-state index in [2.05, 4.69) is 4.74 Å². The predicted molar refractivity (Wildman–Crippen MR) is 80.9 cm³/mol. The molecule has 30 heavy (non-hydrogen) atoms. The second-order valence-corrected chi connectivity index (χ2v) is 10.5. The minimum Gasteiger partial charge on any atom is -0.454 e. The highest BCUT2D eigenvalue weighted by Crippen LogP contribution is 2.55. The van der Waals surface area contributed by atoms with Gasteiger partial charge in [-0.3, -0.25) is 8.74 Å². The smallest absolute Gasteiger partial charge is 0.454 e. The summed E-state index contributed by atoms with van der Waals surface area (Å²) in [7, 11) is -10.3. The molecular formula is C13H14F6O9S2. The van der Waals surface area contributed by atoms with Gasteiger partial charge in [0.05, 0.1) is 11.4 Å². The Kier molecular flexibility index (Phi) is 5.41. The van der Waals surface area contributed by atoms with E-state index in [9.17, 15) is 48.0 Å². The molecule has 0 radical (unpaired) electrons. The van der Waals surface area contributed by atoms with E-state index in [0.29, 0.717) is 0 Å². The second-order valence-electron chi connectivity index (χ2n) is 7.24. The number of halogens is 6. The van der Waals surface area contributed by atoms with Crippen LogP contribution in [-0.2, 0) is 38.7 Å². The van der Waals surface area contributed by atoms with Crippen molar-refractivity contribution in [1.29, 1.82) is 0 Å². The summed E-state index contributed by atoms with van der Waals surface area (Å²) < 4.78 is 146. The minimum atomic E-state index is -6.37. The van der Waals surface area contributed by atoms with Crippen molar-refractivity contribution in [3.05, 3.63) is 0 Å². The van der Waals surface area contributed by atoms with Crippen LogP contribution in [0.4, 0.5) is 26.3 Å². The van der Waals surface area contributed by atoms with Gasteiger partial charge in [0.15, 0.2) is 6.61 Å². The van der Waals surface area contributed by atoms with Gasteiger partial charge in [-0.2, -0.15) is 43.2 Å². The molecule has 5 unspecified atom stereocenters. The van der Waals surface area contributed by atoms with Gasteiger partial charge in [0.1, 0.15) is 12.7 Å². The summed E-state index contributed by atoms with van der Waals surface area (Å²) in [5, 5.41) is -6.45. The fourth-order valence-corrected chi connectivity index (χ4v) is 6.02. The van der Waals surface area contributed by atoms with Crippen LogP contribution in [0.15, 0.2) is 0 Å². The molecule has 2 saturated carbocycles. The first-order valence-corrected chi connectivity index (χ1v) is 11.1. The normalized spacial score (nSPS) is 33.1. The highest BCUT2D eigenvalue weighted by molar-refractivity contribution is 7.88. The number of hydrogen-bond acceptors (Lipinski definition) is 8. The van der Waals surface area contributed by atoms with Crippen molar-refractivity contribution in [2.45, 2.75) is 47.4 Å². The molecule has 1 heterocycles. The van der Waals surface area contributed by atoms with Gasteiger partial charge in [-0.25, -0.2) is 4.79 Å². The molecule has 3 aliphatic rings. The molecule has 0 aromatic rings. The van der Waals surface area contributed by atoms with Crippen LogP contribution in [0.5, 0.6) is 0 Å². The molecule has 9 nitrogen and oxygen atoms in total. The molecule has 1 saturated heterocycles. The maximum atomic E-state index is 13.9. The van der Waals surface area contributed by atoms with E-state index in [0.717, 1.165) is 0 Å². The topological polar surface area (TPSA) is 133 Å². The molecule has 17 heteroatoms. The molecule has 0 spiro atoms. The highest BCUT2D eigenvalue weighted by Gasteiger charge is 2.66. The molecule has 0 aromatic carbocycles. The molecule has 2 bridgehead atoms. The summed E-state index contributed by atoms with van der Waals surface area (Å²) in [6.45, 7) is -4.62. The van der Waals surface area contributed by atoms with Crippen molar-refractivity contribution in [3.63, 3.8) is 0 Å². The maximum Gasteiger partial charge on any atom is 0.465 e. The van der Waals surface area contributed by atoms with Gasteiger partial charge in [0.25, 0.3) is 10.1 Å². The number of hydrogen-bond donors (Lipinski definition) is 1. The number of rotatable bonds is 8. The second kappa shape index (κ2) is 6.91. The van der Waals surface area contributed by atoms with Crippen LogP contribution >= 0.6 is 0 Å². The van der Waals surface area contributed by atoms with E-state index in [1.807, 2.05) is 0 Å². The summed E-state index contributed by atoms with van der Waals surface area (Å²) in [6.07, 6.45) is -1.98. The fourth-order valence-electron chi connectivity index (χ4n) is 3.87. The SMILES string of the molecule is O=C(OCC(F)(F)C(F)(F)COC1C2CC3C1OS(=O)(=O)C3C2)C(F)(F)S(=O)(=O)O. The van der Waals surface area contributed by atoms with Gasteiger partial charge in [-0.1, -0.05) is 0 Å². The van der Waals surface area contributed by atoms with Gasteiger partial charge in [0.2, 0.25) is 0 Å². The molecule has 0 aromatic heterocycles. The standard InChI is InChI=1S/C13H14F6O9S2/c14-11(15,12(16,17)4-27-10(20)13(18,19)30(23,24)25)3-26-8-5-1-6-7(2-5)29(21,22)28-9(6)8/h5-9H,1-4H2,(H,23,24,25). The van der Waals surface area contributed by atoms with E-state index in [1.165, 1.54) is 0 Å². The van der Waals surface area contributed by atoms with Crippen LogP contribution in [0.1, 0.15) is 12.8 Å². The molecule has 0 amide bonds. The first-order valence-electron chi connectivity index (χ1n) is 8.22. The summed E-state index contributed by atoms with van der Waals surface area (Å²) >= 11 is 0. The molecule has 1 aliphatic heterocycles. The molecule has 2 aliphatic carbocycles. The van der Waals surface area contributed by atoms with Crippen LogP contribution in [0.2, 0.25) is 0 Å². The fraction of sp³-hybridized carbons (Fsp3) is 0.923. The molecule has 174 valence electrons. The third kappa shape index (κ3) is 3.67. The molecular weight excluding hydrogens is 478 g/mol. The molecule has 1 N–H and O–H groups in total. The molecule has 3 rings (SSSR count). The Morgan fingerprint density at radius 1 is 1.07 bits per heavy atom. The number of carbonyl (C=O) groups excluding carboxylic acids is 1. The van der Waals surface area contributed by atoms with E-state index in [-0.39, 0.29) is 12.8 Å². The first kappa shape index (κ1) is 23.5. The Labute approximate surface area is 165 Å². The first-order chi connectivity index (χ1) is 13.4. The number of esters is 1. The lowest BCUT2D eigenvalue weighted by Gasteiger charge is -2.30. The maximum absolute atomic E-state index is 13.9. The van der Waals surface area contributed by atoms with Crippen LogP contribution in [0.25, 0.3) is 0 Å². The minimum absolute atomic E-state index is 0.0540. The van der Waals surface area contributed by atoms with Crippen molar-refractivity contribution in [1.82, 2.24) is 0 Å². The highest BCUT2D eigenvalue weighted by atomic mass is 32.2. The zero-order chi connectivity index (χ0) is 22.9. The zero-order valence-electron chi connectivity index (χ0n) is 14.5. The van der Waals surface area contributed by atoms with Gasteiger partial charge in [-0.05, 0) is 18.8 Å². The summed E-state index contributed by atoms with van der Waals surface area (Å²) in [5.74, 6) is -14.5. The van der Waals surface area contributed by atoms with Crippen molar-refractivity contribution in [2.24, 2.45) is 11.8 Å². The Balaban J connectivity index is 1.61. The van der Waals surface area contributed by atoms with Crippen LogP contribution in [-0.4, -0.2) is 75.1 Å². The van der Waals surface area contributed by atoms with Crippen molar-refractivity contribution in [2.75, 3.05) is 13.2 Å². The quantitative estimate of drug-likeness (QED) is 0.226. The van der Waals surface area contributed by atoms with Crippen LogP contribution in [0.3, 0.4) is 0 Å². The Morgan fingerprint density at radius 2 is 1.63 bits per heavy atom. The third-order valence-corrected chi connectivity index (χ3v) is 7.94. The monoisotopic (exact) mass is 492 g/mol.